The van der Waals surface area contributed by atoms with Gasteiger partial charge in [0.2, 0.25) is 0 Å². The number of nitrogens with two attached hydrogens (primary N) is 1. The molecular weight excluding hydrogens is 506 g/mol. The molecule has 3 heterocycles. The Morgan fingerprint density at radius 3 is 2.59 bits per heavy atom. The number of esters is 2. The van der Waals surface area contributed by atoms with E-state index in [0.29, 0.717) is 13.0 Å². The maximum absolute atomic E-state index is 13.4. The fourth-order valence-corrected chi connectivity index (χ4v) is 4.69. The number of amides is 4. The number of carbonyl (C=O) groups is 5. The van der Waals surface area contributed by atoms with Crippen molar-refractivity contribution >= 4 is 40.7 Å². The van der Waals surface area contributed by atoms with Gasteiger partial charge in [-0.2, -0.15) is 0 Å². The first-order valence-corrected chi connectivity index (χ1v) is 12.2. The lowest BCUT2D eigenvalue weighted by atomic mass is 10.0. The maximum atomic E-state index is 13.4. The van der Waals surface area contributed by atoms with Crippen LogP contribution in [-0.4, -0.2) is 59.3 Å². The smallest absolute Gasteiger partial charge is 0.336 e. The lowest BCUT2D eigenvalue weighted by Gasteiger charge is -2.21. The van der Waals surface area contributed by atoms with E-state index >= 15 is 0 Å². The Kier molecular flexibility index (Phi) is 6.86. The Balaban J connectivity index is 1.44. The molecular formula is C27H25N5O7. The number of rotatable bonds is 7. The molecule has 2 aromatic carbocycles. The second-order valence-corrected chi connectivity index (χ2v) is 9.04. The van der Waals surface area contributed by atoms with Gasteiger partial charge in [0, 0.05) is 53.8 Å². The van der Waals surface area contributed by atoms with E-state index in [9.17, 15) is 24.0 Å². The first kappa shape index (κ1) is 25.7. The molecule has 0 spiro atoms. The number of nitrogens with one attached hydrogen (secondary N) is 3. The third-order valence-electron chi connectivity index (χ3n) is 6.57. The van der Waals surface area contributed by atoms with E-state index < -0.39 is 42.4 Å². The summed E-state index contributed by atoms with van der Waals surface area (Å²) >= 11 is 0. The van der Waals surface area contributed by atoms with Gasteiger partial charge in [-0.25, -0.2) is 14.4 Å². The molecule has 200 valence electrons. The van der Waals surface area contributed by atoms with Gasteiger partial charge in [-0.3, -0.25) is 14.5 Å². The zero-order valence-corrected chi connectivity index (χ0v) is 20.9. The minimum absolute atomic E-state index is 0.0348. The molecule has 5 N–H and O–H groups in total. The molecule has 1 saturated heterocycles. The highest BCUT2D eigenvalue weighted by Crippen LogP contribution is 2.37. The number of aromatic amines is 1. The van der Waals surface area contributed by atoms with Crippen molar-refractivity contribution in [3.05, 3.63) is 70.9 Å². The average Bonchev–Trinajstić information content (AvgIpc) is 3.43. The van der Waals surface area contributed by atoms with Crippen molar-refractivity contribution in [2.75, 3.05) is 13.6 Å². The molecule has 1 aromatic heterocycles. The molecule has 1 fully saturated rings. The Labute approximate surface area is 222 Å². The Hall–Kier alpha value is -4.97. The molecule has 3 aromatic rings. The van der Waals surface area contributed by atoms with E-state index in [1.807, 2.05) is 24.4 Å². The van der Waals surface area contributed by atoms with Crippen molar-refractivity contribution in [3.63, 3.8) is 0 Å². The van der Waals surface area contributed by atoms with Gasteiger partial charge in [-0.1, -0.05) is 6.07 Å². The summed E-state index contributed by atoms with van der Waals surface area (Å²) in [6.07, 6.45) is 4.62. The molecule has 12 nitrogen and oxygen atoms in total. The van der Waals surface area contributed by atoms with Crippen LogP contribution < -0.4 is 25.8 Å². The predicted molar refractivity (Wildman–Crippen MR) is 138 cm³/mol. The number of nitrogens with zero attached hydrogens (tertiary/aromatic N) is 1. The van der Waals surface area contributed by atoms with Crippen LogP contribution in [0.2, 0.25) is 0 Å². The number of imide groups is 1. The first-order chi connectivity index (χ1) is 18.8. The quantitative estimate of drug-likeness (QED) is 0.199. The molecule has 2 aliphatic heterocycles. The van der Waals surface area contributed by atoms with Crippen molar-refractivity contribution in [1.29, 1.82) is 0 Å². The van der Waals surface area contributed by atoms with Crippen molar-refractivity contribution in [2.45, 2.75) is 25.4 Å². The third kappa shape index (κ3) is 4.97. The molecule has 1 unspecified atom stereocenters. The molecule has 0 bridgehead atoms. The van der Waals surface area contributed by atoms with Crippen LogP contribution in [0.1, 0.15) is 27.0 Å². The van der Waals surface area contributed by atoms with Gasteiger partial charge in [0.05, 0.1) is 6.54 Å². The van der Waals surface area contributed by atoms with E-state index in [1.165, 1.54) is 19.2 Å². The third-order valence-corrected chi connectivity index (χ3v) is 6.57. The van der Waals surface area contributed by atoms with Crippen LogP contribution in [0.15, 0.2) is 48.7 Å². The number of hydrogen-bond acceptors (Lipinski definition) is 8. The van der Waals surface area contributed by atoms with E-state index in [4.69, 9.17) is 15.2 Å². The molecule has 1 atom stereocenters. The minimum Gasteiger partial charge on any atom is -0.419 e. The van der Waals surface area contributed by atoms with Crippen LogP contribution in [0.25, 0.3) is 10.9 Å². The highest BCUT2D eigenvalue weighted by Gasteiger charge is 2.39. The highest BCUT2D eigenvalue weighted by molar-refractivity contribution is 6.05. The van der Waals surface area contributed by atoms with Crippen LogP contribution >= 0.6 is 0 Å². The summed E-state index contributed by atoms with van der Waals surface area (Å²) in [5.41, 5.74) is 8.63. The molecule has 39 heavy (non-hydrogen) atoms. The lowest BCUT2D eigenvalue weighted by Crippen LogP contribution is -2.33. The zero-order chi connectivity index (χ0) is 27.7. The van der Waals surface area contributed by atoms with Gasteiger partial charge in [0.15, 0.2) is 11.5 Å². The monoisotopic (exact) mass is 531 g/mol. The number of H-pyrrole nitrogens is 1. The summed E-state index contributed by atoms with van der Waals surface area (Å²) in [4.78, 5) is 67.3. The number of aromatic nitrogens is 1. The second kappa shape index (κ2) is 10.4. The van der Waals surface area contributed by atoms with Gasteiger partial charge in [0.25, 0.3) is 11.8 Å². The summed E-state index contributed by atoms with van der Waals surface area (Å²) in [6, 6.07) is 6.88. The molecule has 0 aliphatic carbocycles. The largest absolute Gasteiger partial charge is 0.419 e. The number of carbonyl (C=O) groups excluding carboxylic acids is 5. The molecule has 12 heteroatoms. The maximum Gasteiger partial charge on any atom is 0.336 e. The van der Waals surface area contributed by atoms with Crippen molar-refractivity contribution in [3.8, 4) is 11.5 Å². The lowest BCUT2D eigenvalue weighted by molar-refractivity contribution is -0.133. The first-order valence-electron chi connectivity index (χ1n) is 12.2. The van der Waals surface area contributed by atoms with Gasteiger partial charge < -0.3 is 30.8 Å². The van der Waals surface area contributed by atoms with Crippen LogP contribution in [0, 0.1) is 0 Å². The Morgan fingerprint density at radius 1 is 1.08 bits per heavy atom. The van der Waals surface area contributed by atoms with E-state index in [1.54, 1.807) is 0 Å². The summed E-state index contributed by atoms with van der Waals surface area (Å²) in [7, 11) is 1.40. The summed E-state index contributed by atoms with van der Waals surface area (Å²) in [5, 5.41) is 6.16. The highest BCUT2D eigenvalue weighted by atomic mass is 16.6. The van der Waals surface area contributed by atoms with E-state index in [0.717, 1.165) is 39.1 Å². The summed E-state index contributed by atoms with van der Waals surface area (Å²) < 4.78 is 10.6. The number of ether oxygens (including phenoxy) is 2. The standard InChI is InChI=1S/C27H25N5O7/c1-29-25(35)16-3-5-21-24(39-23(34)7-6-22(33)38-21)18(16)13-32-26(36)20(31-27(32)37)11-14-2-4-19-17(10-14)15(8-9-28)12-30-19/h2-7,10,12,20,30H,8-9,11,13,28H2,1H3,(H,29,35)(H,31,37)/b7-6-. The zero-order valence-electron chi connectivity index (χ0n) is 20.9. The van der Waals surface area contributed by atoms with Gasteiger partial charge in [-0.15, -0.1) is 0 Å². The topological polar surface area (TPSA) is 173 Å². The predicted octanol–water partition coefficient (Wildman–Crippen LogP) is 1.07. The number of fused-ring (bicyclic) bond motifs is 2. The van der Waals surface area contributed by atoms with Crippen molar-refractivity contribution < 1.29 is 33.4 Å². The van der Waals surface area contributed by atoms with Crippen LogP contribution in [0.3, 0.4) is 0 Å². The fourth-order valence-electron chi connectivity index (χ4n) is 4.69. The number of benzene rings is 2. The summed E-state index contributed by atoms with van der Waals surface area (Å²) in [5.74, 6) is -3.14. The Bertz CT molecular complexity index is 1560. The summed E-state index contributed by atoms with van der Waals surface area (Å²) in [6.45, 7) is 0.0917. The van der Waals surface area contributed by atoms with E-state index in [2.05, 4.69) is 15.6 Å². The van der Waals surface area contributed by atoms with Gasteiger partial charge in [-0.05, 0) is 48.4 Å². The van der Waals surface area contributed by atoms with Crippen LogP contribution in [0.4, 0.5) is 4.79 Å². The Morgan fingerprint density at radius 2 is 1.85 bits per heavy atom. The van der Waals surface area contributed by atoms with Crippen molar-refractivity contribution in [2.24, 2.45) is 5.73 Å². The minimum atomic E-state index is -0.882. The number of hydrogen-bond donors (Lipinski definition) is 4. The van der Waals surface area contributed by atoms with Crippen LogP contribution in [-0.2, 0) is 33.8 Å². The molecule has 0 radical (unpaired) electrons. The molecule has 4 amide bonds. The molecule has 5 rings (SSSR count). The number of urea groups is 1. The van der Waals surface area contributed by atoms with Gasteiger partial charge >= 0.3 is 18.0 Å². The molecule has 2 aliphatic rings. The SMILES string of the molecule is CNC(=O)c1ccc2c(c1CN1C(=O)NC(Cc3ccc4[nH]cc(CCN)c4c3)C1=O)OC(=O)/C=C\C(=O)O2. The second-order valence-electron chi connectivity index (χ2n) is 9.04. The van der Waals surface area contributed by atoms with Crippen LogP contribution in [0.5, 0.6) is 11.5 Å². The van der Waals surface area contributed by atoms with E-state index in [-0.39, 0.29) is 29.0 Å². The normalized spacial score (nSPS) is 17.7. The van der Waals surface area contributed by atoms with Crippen molar-refractivity contribution in [1.82, 2.24) is 20.5 Å². The molecule has 0 saturated carbocycles. The van der Waals surface area contributed by atoms with Gasteiger partial charge in [0.1, 0.15) is 6.04 Å². The fraction of sp³-hybridized carbons (Fsp3) is 0.222. The average molecular weight is 532 g/mol.